The second-order valence-electron chi connectivity index (χ2n) is 9.24. The number of amides is 2. The first-order valence-corrected chi connectivity index (χ1v) is 10.7. The largest absolute Gasteiger partial charge is 0.444 e. The molecule has 0 saturated carbocycles. The average Bonchev–Trinajstić information content (AvgIpc) is 3.31. The molecule has 2 atom stereocenters. The van der Waals surface area contributed by atoms with E-state index in [1.807, 2.05) is 51.1 Å². The Hall–Kier alpha value is -3.16. The fourth-order valence-corrected chi connectivity index (χ4v) is 4.14. The number of aromatic nitrogens is 2. The van der Waals surface area contributed by atoms with Gasteiger partial charge in [0.05, 0.1) is 12.4 Å². The lowest BCUT2D eigenvalue weighted by atomic mass is 10.0. The van der Waals surface area contributed by atoms with Gasteiger partial charge in [-0.3, -0.25) is 9.78 Å². The van der Waals surface area contributed by atoms with Crippen LogP contribution in [-0.2, 0) is 11.3 Å². The van der Waals surface area contributed by atoms with E-state index in [0.29, 0.717) is 43.0 Å². The number of anilines is 1. The molecule has 2 amide bonds. The standard InChI is InChI=1S/C23H29N5O3/c1-23(2,3)31-22(30)28-14-17-12-27(13-18(17)15-28)20-11-24-10-19(26-20)21(29)25-9-16-7-5-4-6-8-16/h4-8,10-11,17-18H,9,12-15H2,1-3H3,(H,25,29). The van der Waals surface area contributed by atoms with E-state index >= 15 is 0 Å². The number of fused-ring (bicyclic) bond motifs is 1. The monoisotopic (exact) mass is 423 g/mol. The Morgan fingerprint density at radius 1 is 1.06 bits per heavy atom. The van der Waals surface area contributed by atoms with Crippen molar-refractivity contribution in [1.29, 1.82) is 0 Å². The molecular weight excluding hydrogens is 394 g/mol. The van der Waals surface area contributed by atoms with Crippen molar-refractivity contribution in [3.05, 3.63) is 54.0 Å². The van der Waals surface area contributed by atoms with E-state index < -0.39 is 5.60 Å². The number of likely N-dealkylation sites (tertiary alicyclic amines) is 1. The molecule has 2 unspecified atom stereocenters. The van der Waals surface area contributed by atoms with E-state index in [1.54, 1.807) is 11.1 Å². The predicted octanol–water partition coefficient (Wildman–Crippen LogP) is 2.71. The van der Waals surface area contributed by atoms with Gasteiger partial charge in [0.15, 0.2) is 0 Å². The van der Waals surface area contributed by atoms with Crippen LogP contribution in [0.4, 0.5) is 10.6 Å². The number of rotatable bonds is 4. The molecule has 2 saturated heterocycles. The lowest BCUT2D eigenvalue weighted by molar-refractivity contribution is 0.0282. The van der Waals surface area contributed by atoms with Gasteiger partial charge in [-0.2, -0.15) is 0 Å². The predicted molar refractivity (Wildman–Crippen MR) is 117 cm³/mol. The minimum atomic E-state index is -0.488. The van der Waals surface area contributed by atoms with Gasteiger partial charge in [0.2, 0.25) is 0 Å². The Balaban J connectivity index is 1.34. The van der Waals surface area contributed by atoms with E-state index in [0.717, 1.165) is 18.7 Å². The second-order valence-corrected chi connectivity index (χ2v) is 9.24. The highest BCUT2D eigenvalue weighted by atomic mass is 16.6. The Morgan fingerprint density at radius 2 is 1.74 bits per heavy atom. The van der Waals surface area contributed by atoms with Gasteiger partial charge in [-0.25, -0.2) is 9.78 Å². The molecule has 2 aromatic rings. The second kappa shape index (κ2) is 8.53. The molecule has 1 aromatic carbocycles. The first kappa shape index (κ1) is 21.1. The molecule has 0 radical (unpaired) electrons. The maximum absolute atomic E-state index is 12.5. The average molecular weight is 424 g/mol. The molecule has 8 nitrogen and oxygen atoms in total. The van der Waals surface area contributed by atoms with Gasteiger partial charge in [-0.15, -0.1) is 0 Å². The van der Waals surface area contributed by atoms with Crippen LogP contribution >= 0.6 is 0 Å². The summed E-state index contributed by atoms with van der Waals surface area (Å²) in [5.41, 5.74) is 0.848. The van der Waals surface area contributed by atoms with Crippen molar-refractivity contribution >= 4 is 17.8 Å². The van der Waals surface area contributed by atoms with Crippen LogP contribution in [-0.4, -0.2) is 58.6 Å². The molecule has 0 aliphatic carbocycles. The summed E-state index contributed by atoms with van der Waals surface area (Å²) in [6, 6.07) is 9.75. The summed E-state index contributed by atoms with van der Waals surface area (Å²) in [5.74, 6) is 1.19. The van der Waals surface area contributed by atoms with Crippen LogP contribution in [0.25, 0.3) is 0 Å². The fourth-order valence-electron chi connectivity index (χ4n) is 4.14. The van der Waals surface area contributed by atoms with Crippen molar-refractivity contribution in [3.8, 4) is 0 Å². The summed E-state index contributed by atoms with van der Waals surface area (Å²) < 4.78 is 5.50. The summed E-state index contributed by atoms with van der Waals surface area (Å²) in [7, 11) is 0. The lowest BCUT2D eigenvalue weighted by Gasteiger charge is -2.26. The lowest BCUT2D eigenvalue weighted by Crippen LogP contribution is -2.37. The van der Waals surface area contributed by atoms with Crippen molar-refractivity contribution in [2.24, 2.45) is 11.8 Å². The zero-order chi connectivity index (χ0) is 22.0. The number of nitrogens with one attached hydrogen (secondary N) is 1. The Bertz CT molecular complexity index is 930. The van der Waals surface area contributed by atoms with Gasteiger partial charge in [-0.05, 0) is 26.3 Å². The molecule has 3 heterocycles. The van der Waals surface area contributed by atoms with E-state index in [-0.39, 0.29) is 12.0 Å². The molecule has 0 bridgehead atoms. The van der Waals surface area contributed by atoms with Gasteiger partial charge in [0.25, 0.3) is 5.91 Å². The maximum Gasteiger partial charge on any atom is 0.410 e. The molecule has 1 N–H and O–H groups in total. The molecule has 2 aliphatic heterocycles. The van der Waals surface area contributed by atoms with E-state index in [9.17, 15) is 9.59 Å². The van der Waals surface area contributed by atoms with Crippen LogP contribution in [0.1, 0.15) is 36.8 Å². The molecule has 2 fully saturated rings. The summed E-state index contributed by atoms with van der Waals surface area (Å²) in [6.07, 6.45) is 2.94. The highest BCUT2D eigenvalue weighted by molar-refractivity contribution is 5.92. The molecule has 1 aromatic heterocycles. The van der Waals surface area contributed by atoms with Gasteiger partial charge in [0, 0.05) is 44.6 Å². The van der Waals surface area contributed by atoms with Crippen molar-refractivity contribution < 1.29 is 14.3 Å². The number of carbonyl (C=O) groups excluding carboxylic acids is 2. The minimum absolute atomic E-state index is 0.242. The van der Waals surface area contributed by atoms with Crippen LogP contribution in [0.3, 0.4) is 0 Å². The van der Waals surface area contributed by atoms with Crippen molar-refractivity contribution in [2.75, 3.05) is 31.1 Å². The van der Waals surface area contributed by atoms with Crippen molar-refractivity contribution in [2.45, 2.75) is 32.9 Å². The van der Waals surface area contributed by atoms with E-state index in [2.05, 4.69) is 20.2 Å². The summed E-state index contributed by atoms with van der Waals surface area (Å²) in [4.78, 5) is 37.6. The maximum atomic E-state index is 12.5. The highest BCUT2D eigenvalue weighted by Gasteiger charge is 2.43. The zero-order valence-electron chi connectivity index (χ0n) is 18.2. The molecule has 164 valence electrons. The number of hydrogen-bond acceptors (Lipinski definition) is 6. The van der Waals surface area contributed by atoms with Crippen molar-refractivity contribution in [1.82, 2.24) is 20.2 Å². The Morgan fingerprint density at radius 3 is 2.39 bits per heavy atom. The third-order valence-electron chi connectivity index (χ3n) is 5.61. The van der Waals surface area contributed by atoms with Gasteiger partial charge in [0.1, 0.15) is 17.1 Å². The molecule has 0 spiro atoms. The van der Waals surface area contributed by atoms with Crippen LogP contribution in [0.5, 0.6) is 0 Å². The van der Waals surface area contributed by atoms with Gasteiger partial charge < -0.3 is 19.9 Å². The number of carbonyl (C=O) groups is 2. The molecule has 4 rings (SSSR count). The topological polar surface area (TPSA) is 87.7 Å². The summed E-state index contributed by atoms with van der Waals surface area (Å²) in [5, 5.41) is 2.89. The molecular formula is C23H29N5O3. The quantitative estimate of drug-likeness (QED) is 0.814. The normalized spacial score (nSPS) is 20.5. The van der Waals surface area contributed by atoms with Crippen molar-refractivity contribution in [3.63, 3.8) is 0 Å². The van der Waals surface area contributed by atoms with E-state index in [1.165, 1.54) is 6.20 Å². The third kappa shape index (κ3) is 5.13. The molecule has 31 heavy (non-hydrogen) atoms. The molecule has 8 heteroatoms. The van der Waals surface area contributed by atoms with Crippen LogP contribution < -0.4 is 10.2 Å². The smallest absolute Gasteiger partial charge is 0.410 e. The Kier molecular flexibility index (Phi) is 5.80. The van der Waals surface area contributed by atoms with Crippen LogP contribution in [0.2, 0.25) is 0 Å². The van der Waals surface area contributed by atoms with Crippen LogP contribution in [0.15, 0.2) is 42.7 Å². The minimum Gasteiger partial charge on any atom is -0.444 e. The number of benzene rings is 1. The van der Waals surface area contributed by atoms with E-state index in [4.69, 9.17) is 4.74 Å². The highest BCUT2D eigenvalue weighted by Crippen LogP contribution is 2.33. The first-order valence-electron chi connectivity index (χ1n) is 10.7. The number of nitrogens with zero attached hydrogens (tertiary/aromatic N) is 4. The third-order valence-corrected chi connectivity index (χ3v) is 5.61. The number of hydrogen-bond donors (Lipinski definition) is 1. The first-order chi connectivity index (χ1) is 14.8. The fraction of sp³-hybridized carbons (Fsp3) is 0.478. The summed E-state index contributed by atoms with van der Waals surface area (Å²) in [6.45, 7) is 9.02. The zero-order valence-corrected chi connectivity index (χ0v) is 18.2. The molecule has 2 aliphatic rings. The van der Waals surface area contributed by atoms with Gasteiger partial charge in [-0.1, -0.05) is 30.3 Å². The Labute approximate surface area is 182 Å². The van der Waals surface area contributed by atoms with Crippen LogP contribution in [0, 0.1) is 11.8 Å². The van der Waals surface area contributed by atoms with Gasteiger partial charge >= 0.3 is 6.09 Å². The SMILES string of the molecule is CC(C)(C)OC(=O)N1CC2CN(c3cncc(C(=O)NCc4ccccc4)n3)CC2C1. The number of ether oxygens (including phenoxy) is 1. The summed E-state index contributed by atoms with van der Waals surface area (Å²) >= 11 is 0.